The number of amides is 1. The van der Waals surface area contributed by atoms with Crippen molar-refractivity contribution in [2.24, 2.45) is 0 Å². The summed E-state index contributed by atoms with van der Waals surface area (Å²) in [4.78, 5) is 24.1. The van der Waals surface area contributed by atoms with Crippen LogP contribution in [0, 0.1) is 20.8 Å². The number of benzene rings is 2. The molecule has 2 aromatic rings. The molecular formula is C20H22BrNO4. The molecule has 0 aliphatic rings. The number of anilines is 1. The molecule has 0 radical (unpaired) electrons. The normalized spacial score (nSPS) is 11.6. The second-order valence-corrected chi connectivity index (χ2v) is 7.02. The first-order valence-electron chi connectivity index (χ1n) is 8.23. The Labute approximate surface area is 161 Å². The maximum atomic E-state index is 12.2. The van der Waals surface area contributed by atoms with Crippen molar-refractivity contribution in [3.05, 3.63) is 57.6 Å². The first-order chi connectivity index (χ1) is 12.3. The van der Waals surface area contributed by atoms with E-state index < -0.39 is 12.1 Å². The summed E-state index contributed by atoms with van der Waals surface area (Å²) in [5.41, 5.74) is 3.83. The first kappa shape index (κ1) is 20.0. The van der Waals surface area contributed by atoms with Crippen LogP contribution in [0.2, 0.25) is 0 Å². The maximum Gasteiger partial charge on any atom is 0.344 e. The van der Waals surface area contributed by atoms with Gasteiger partial charge < -0.3 is 14.8 Å². The van der Waals surface area contributed by atoms with Crippen LogP contribution in [0.3, 0.4) is 0 Å². The van der Waals surface area contributed by atoms with Crippen LogP contribution in [-0.2, 0) is 14.3 Å². The molecule has 0 unspecified atom stereocenters. The van der Waals surface area contributed by atoms with E-state index in [4.69, 9.17) is 9.47 Å². The van der Waals surface area contributed by atoms with E-state index in [9.17, 15) is 9.59 Å². The van der Waals surface area contributed by atoms with Crippen molar-refractivity contribution in [2.75, 3.05) is 11.9 Å². The monoisotopic (exact) mass is 419 g/mol. The van der Waals surface area contributed by atoms with E-state index in [2.05, 4.69) is 21.2 Å². The molecule has 1 amide bonds. The van der Waals surface area contributed by atoms with E-state index in [1.807, 2.05) is 51.1 Å². The third-order valence-corrected chi connectivity index (χ3v) is 4.37. The fraction of sp³-hybridized carbons (Fsp3) is 0.300. The number of aryl methyl sites for hydroxylation is 3. The molecule has 0 heterocycles. The minimum absolute atomic E-state index is 0.275. The number of carbonyl (C=O) groups excluding carboxylic acids is 2. The summed E-state index contributed by atoms with van der Waals surface area (Å²) in [6.45, 7) is 7.10. The molecule has 1 atom stereocenters. The second-order valence-electron chi connectivity index (χ2n) is 6.16. The number of ether oxygens (including phenoxy) is 2. The largest absolute Gasteiger partial charge is 0.481 e. The highest BCUT2D eigenvalue weighted by atomic mass is 79.9. The highest BCUT2D eigenvalue weighted by molar-refractivity contribution is 9.10. The summed E-state index contributed by atoms with van der Waals surface area (Å²) >= 11 is 3.38. The van der Waals surface area contributed by atoms with Gasteiger partial charge in [0.25, 0.3) is 5.91 Å². The summed E-state index contributed by atoms with van der Waals surface area (Å²) < 4.78 is 11.3. The molecule has 138 valence electrons. The number of hydrogen-bond acceptors (Lipinski definition) is 4. The van der Waals surface area contributed by atoms with Gasteiger partial charge in [0.15, 0.2) is 12.7 Å². The van der Waals surface area contributed by atoms with Gasteiger partial charge in [-0.1, -0.05) is 23.8 Å². The van der Waals surface area contributed by atoms with Crippen LogP contribution in [0.1, 0.15) is 23.6 Å². The predicted molar refractivity (Wildman–Crippen MR) is 104 cm³/mol. The summed E-state index contributed by atoms with van der Waals surface area (Å²) in [6, 6.07) is 11.2. The second kappa shape index (κ2) is 8.85. The van der Waals surface area contributed by atoms with Crippen molar-refractivity contribution in [2.45, 2.75) is 33.8 Å². The molecule has 2 rings (SSSR count). The summed E-state index contributed by atoms with van der Waals surface area (Å²) in [6.07, 6.45) is -0.923. The Kier molecular flexibility index (Phi) is 6.80. The smallest absolute Gasteiger partial charge is 0.344 e. The van der Waals surface area contributed by atoms with Gasteiger partial charge in [-0.15, -0.1) is 0 Å². The molecular weight excluding hydrogens is 398 g/mol. The molecule has 0 bridgehead atoms. The minimum Gasteiger partial charge on any atom is -0.481 e. The van der Waals surface area contributed by atoms with E-state index in [0.717, 1.165) is 21.2 Å². The molecule has 0 fully saturated rings. The quantitative estimate of drug-likeness (QED) is 0.707. The predicted octanol–water partition coefficient (Wildman–Crippen LogP) is 4.32. The Balaban J connectivity index is 1.86. The number of carbonyl (C=O) groups is 2. The van der Waals surface area contributed by atoms with Crippen molar-refractivity contribution < 1.29 is 19.1 Å². The SMILES string of the molecule is Cc1ccc(NC(=O)[C@H](C)OC(=O)COc2ccc(C)cc2Br)c(C)c1. The third kappa shape index (κ3) is 5.59. The Hall–Kier alpha value is -2.34. The highest BCUT2D eigenvalue weighted by Crippen LogP contribution is 2.25. The van der Waals surface area contributed by atoms with E-state index in [1.54, 1.807) is 6.07 Å². The van der Waals surface area contributed by atoms with Crippen LogP contribution < -0.4 is 10.1 Å². The van der Waals surface area contributed by atoms with Crippen molar-refractivity contribution >= 4 is 33.5 Å². The number of hydrogen-bond donors (Lipinski definition) is 1. The summed E-state index contributed by atoms with van der Waals surface area (Å²) in [5.74, 6) is -0.456. The summed E-state index contributed by atoms with van der Waals surface area (Å²) in [5, 5.41) is 2.77. The fourth-order valence-electron chi connectivity index (χ4n) is 2.33. The molecule has 0 aliphatic carbocycles. The van der Waals surface area contributed by atoms with Gasteiger partial charge in [0.05, 0.1) is 4.47 Å². The molecule has 0 saturated heterocycles. The lowest BCUT2D eigenvalue weighted by Crippen LogP contribution is -2.31. The van der Waals surface area contributed by atoms with Gasteiger partial charge in [-0.25, -0.2) is 4.79 Å². The zero-order valence-electron chi connectivity index (χ0n) is 15.3. The molecule has 1 N–H and O–H groups in total. The lowest BCUT2D eigenvalue weighted by molar-refractivity contribution is -0.155. The van der Waals surface area contributed by atoms with Crippen molar-refractivity contribution in [1.82, 2.24) is 0 Å². The molecule has 0 aromatic heterocycles. The Morgan fingerprint density at radius 1 is 1.08 bits per heavy atom. The van der Waals surface area contributed by atoms with Gasteiger partial charge >= 0.3 is 5.97 Å². The molecule has 0 saturated carbocycles. The van der Waals surface area contributed by atoms with Gasteiger partial charge in [-0.2, -0.15) is 0 Å². The number of rotatable bonds is 6. The Morgan fingerprint density at radius 3 is 2.38 bits per heavy atom. The van der Waals surface area contributed by atoms with Crippen LogP contribution in [0.4, 0.5) is 5.69 Å². The zero-order valence-corrected chi connectivity index (χ0v) is 16.8. The van der Waals surface area contributed by atoms with Crippen molar-refractivity contribution in [3.63, 3.8) is 0 Å². The van der Waals surface area contributed by atoms with Crippen LogP contribution in [0.25, 0.3) is 0 Å². The van der Waals surface area contributed by atoms with Gasteiger partial charge in [0.2, 0.25) is 0 Å². The average Bonchev–Trinajstić information content (AvgIpc) is 2.56. The molecule has 0 aliphatic heterocycles. The van der Waals surface area contributed by atoms with Crippen molar-refractivity contribution in [1.29, 1.82) is 0 Å². The van der Waals surface area contributed by atoms with E-state index in [-0.39, 0.29) is 12.5 Å². The highest BCUT2D eigenvalue weighted by Gasteiger charge is 2.19. The van der Waals surface area contributed by atoms with E-state index in [0.29, 0.717) is 11.4 Å². The number of esters is 1. The first-order valence-corrected chi connectivity index (χ1v) is 9.02. The lowest BCUT2D eigenvalue weighted by Gasteiger charge is -2.15. The van der Waals surface area contributed by atoms with Crippen LogP contribution in [-0.4, -0.2) is 24.6 Å². The fourth-order valence-corrected chi connectivity index (χ4v) is 2.94. The topological polar surface area (TPSA) is 64.6 Å². The molecule has 26 heavy (non-hydrogen) atoms. The molecule has 5 nitrogen and oxygen atoms in total. The number of halogens is 1. The van der Waals surface area contributed by atoms with Gasteiger partial charge in [0, 0.05) is 5.69 Å². The lowest BCUT2D eigenvalue weighted by atomic mass is 10.1. The van der Waals surface area contributed by atoms with Gasteiger partial charge in [-0.3, -0.25) is 4.79 Å². The van der Waals surface area contributed by atoms with Crippen molar-refractivity contribution in [3.8, 4) is 5.75 Å². The maximum absolute atomic E-state index is 12.2. The number of nitrogens with one attached hydrogen (secondary N) is 1. The Morgan fingerprint density at radius 2 is 1.73 bits per heavy atom. The molecule has 6 heteroatoms. The van der Waals surface area contributed by atoms with E-state index >= 15 is 0 Å². The zero-order chi connectivity index (χ0) is 19.3. The van der Waals surface area contributed by atoms with Gasteiger partial charge in [-0.05, 0) is 73.0 Å². The molecule has 0 spiro atoms. The Bertz CT molecular complexity index is 819. The molecule has 2 aromatic carbocycles. The standard InChI is InChI=1S/C20H22BrNO4/c1-12-5-7-17(14(3)9-12)22-20(24)15(4)26-19(23)11-25-18-8-6-13(2)10-16(18)21/h5-10,15H,11H2,1-4H3,(H,22,24)/t15-/m0/s1. The van der Waals surface area contributed by atoms with Crippen LogP contribution in [0.5, 0.6) is 5.75 Å². The minimum atomic E-state index is -0.923. The third-order valence-electron chi connectivity index (χ3n) is 3.75. The average molecular weight is 420 g/mol. The van der Waals surface area contributed by atoms with Crippen LogP contribution in [0.15, 0.2) is 40.9 Å². The van der Waals surface area contributed by atoms with Crippen LogP contribution >= 0.6 is 15.9 Å². The van der Waals surface area contributed by atoms with E-state index in [1.165, 1.54) is 6.92 Å². The summed E-state index contributed by atoms with van der Waals surface area (Å²) in [7, 11) is 0. The van der Waals surface area contributed by atoms with Gasteiger partial charge in [0.1, 0.15) is 5.75 Å².